The molecule has 0 aromatic rings. The molecule has 0 spiro atoms. The van der Waals surface area contributed by atoms with Crippen molar-refractivity contribution in [3.05, 3.63) is 0 Å². The fraction of sp³-hybridized carbons (Fsp3) is 0.833. The van der Waals surface area contributed by atoms with Gasteiger partial charge >= 0.3 is 7.82 Å². The molecule has 0 radical (unpaired) electrons. The highest BCUT2D eigenvalue weighted by molar-refractivity contribution is 7.47. The molecule has 6 heteroatoms. The summed E-state index contributed by atoms with van der Waals surface area (Å²) in [5.74, 6) is 0. The molecule has 0 aromatic heterocycles. The van der Waals surface area contributed by atoms with Crippen LogP contribution in [-0.4, -0.2) is 23.9 Å². The quantitative estimate of drug-likeness (QED) is 0.509. The van der Waals surface area contributed by atoms with Crippen LogP contribution in [0.25, 0.3) is 0 Å². The number of phosphoric ester groups is 1. The molecule has 72 valence electrons. The van der Waals surface area contributed by atoms with Gasteiger partial charge < -0.3 is 9.69 Å². The second-order valence-electron chi connectivity index (χ2n) is 2.20. The van der Waals surface area contributed by atoms with E-state index in [0.29, 0.717) is 6.29 Å². The van der Waals surface area contributed by atoms with Gasteiger partial charge in [0.2, 0.25) is 0 Å². The van der Waals surface area contributed by atoms with E-state index in [4.69, 9.17) is 4.89 Å². The minimum Gasteiger partial charge on any atom is -0.303 e. The minimum absolute atomic E-state index is 0.0810. The Morgan fingerprint density at radius 1 is 1.67 bits per heavy atom. The van der Waals surface area contributed by atoms with Gasteiger partial charge in [0.1, 0.15) is 6.29 Å². The molecule has 0 aliphatic heterocycles. The molecule has 2 unspecified atom stereocenters. The fourth-order valence-electron chi connectivity index (χ4n) is 0.600. The first-order valence-electron chi connectivity index (χ1n) is 3.61. The van der Waals surface area contributed by atoms with E-state index in [1.54, 1.807) is 6.92 Å². The Morgan fingerprint density at radius 2 is 2.25 bits per heavy atom. The van der Waals surface area contributed by atoms with E-state index in [-0.39, 0.29) is 13.0 Å². The van der Waals surface area contributed by atoms with Crippen molar-refractivity contribution in [1.29, 1.82) is 0 Å². The highest BCUT2D eigenvalue weighted by atomic mass is 31.2. The summed E-state index contributed by atoms with van der Waals surface area (Å²) in [5.41, 5.74) is 0. The zero-order valence-corrected chi connectivity index (χ0v) is 7.99. The molecule has 0 amide bonds. The van der Waals surface area contributed by atoms with Crippen molar-refractivity contribution in [1.82, 2.24) is 0 Å². The van der Waals surface area contributed by atoms with Gasteiger partial charge in [-0.25, -0.2) is 4.57 Å². The van der Waals surface area contributed by atoms with Crippen LogP contribution in [0.5, 0.6) is 0 Å². The van der Waals surface area contributed by atoms with Crippen LogP contribution < -0.4 is 0 Å². The highest BCUT2D eigenvalue weighted by Crippen LogP contribution is 2.44. The van der Waals surface area contributed by atoms with Gasteiger partial charge in [-0.3, -0.25) is 9.05 Å². The molecule has 12 heavy (non-hydrogen) atoms. The lowest BCUT2D eigenvalue weighted by Crippen LogP contribution is -2.08. The maximum atomic E-state index is 10.9. The Balaban J connectivity index is 3.87. The first kappa shape index (κ1) is 11.8. The van der Waals surface area contributed by atoms with Gasteiger partial charge in [-0.05, 0) is 13.8 Å². The zero-order chi connectivity index (χ0) is 9.61. The second kappa shape index (κ2) is 5.43. The molecule has 0 aliphatic carbocycles. The van der Waals surface area contributed by atoms with Crippen LogP contribution in [0.3, 0.4) is 0 Å². The zero-order valence-electron chi connectivity index (χ0n) is 7.10. The minimum atomic E-state index is -3.94. The lowest BCUT2D eigenvalue weighted by Gasteiger charge is -2.14. The lowest BCUT2D eigenvalue weighted by atomic mass is 10.3. The van der Waals surface area contributed by atoms with Crippen LogP contribution in [0.4, 0.5) is 0 Å². The molecule has 2 atom stereocenters. The van der Waals surface area contributed by atoms with Crippen LogP contribution in [0, 0.1) is 0 Å². The number of carbonyl (C=O) groups is 1. The molecule has 0 aromatic carbocycles. The molecule has 0 saturated carbocycles. The van der Waals surface area contributed by atoms with Gasteiger partial charge in [0.05, 0.1) is 12.7 Å². The van der Waals surface area contributed by atoms with Gasteiger partial charge in [0.15, 0.2) is 0 Å². The topological polar surface area (TPSA) is 72.8 Å². The van der Waals surface area contributed by atoms with Crippen molar-refractivity contribution in [2.75, 3.05) is 6.61 Å². The van der Waals surface area contributed by atoms with E-state index < -0.39 is 13.9 Å². The first-order chi connectivity index (χ1) is 5.52. The average molecular weight is 196 g/mol. The molecule has 0 fully saturated rings. The van der Waals surface area contributed by atoms with Crippen LogP contribution in [0.2, 0.25) is 0 Å². The monoisotopic (exact) mass is 196 g/mol. The van der Waals surface area contributed by atoms with E-state index >= 15 is 0 Å². The Labute approximate surface area is 71.3 Å². The number of carbonyl (C=O) groups excluding carboxylic acids is 1. The molecule has 0 saturated heterocycles. The summed E-state index contributed by atoms with van der Waals surface area (Å²) >= 11 is 0. The maximum Gasteiger partial charge on any atom is 0.472 e. The van der Waals surface area contributed by atoms with Gasteiger partial charge in [-0.15, -0.1) is 0 Å². The first-order valence-corrected chi connectivity index (χ1v) is 5.10. The Bertz CT molecular complexity index is 181. The second-order valence-corrected chi connectivity index (χ2v) is 3.61. The van der Waals surface area contributed by atoms with Crippen LogP contribution in [0.15, 0.2) is 0 Å². The van der Waals surface area contributed by atoms with Crippen molar-refractivity contribution in [3.8, 4) is 0 Å². The van der Waals surface area contributed by atoms with E-state index in [1.807, 2.05) is 0 Å². The summed E-state index contributed by atoms with van der Waals surface area (Å²) in [4.78, 5) is 18.9. The summed E-state index contributed by atoms with van der Waals surface area (Å²) in [6.45, 7) is 3.20. The predicted octanol–water partition coefficient (Wildman–Crippen LogP) is 1.12. The molecule has 0 aliphatic rings. The average Bonchev–Trinajstić information content (AvgIpc) is 1.85. The molecular weight excluding hydrogens is 183 g/mol. The third kappa shape index (κ3) is 5.43. The molecule has 5 nitrogen and oxygen atoms in total. The Hall–Kier alpha value is -0.220. The van der Waals surface area contributed by atoms with Crippen molar-refractivity contribution < 1.29 is 23.3 Å². The van der Waals surface area contributed by atoms with Gasteiger partial charge in [-0.2, -0.15) is 0 Å². The molecule has 0 bridgehead atoms. The highest BCUT2D eigenvalue weighted by Gasteiger charge is 2.22. The summed E-state index contributed by atoms with van der Waals surface area (Å²) < 4.78 is 19.9. The van der Waals surface area contributed by atoms with Crippen LogP contribution >= 0.6 is 7.82 Å². The van der Waals surface area contributed by atoms with Crippen molar-refractivity contribution in [3.63, 3.8) is 0 Å². The number of aldehydes is 1. The fourth-order valence-corrected chi connectivity index (χ4v) is 1.53. The molecule has 0 rings (SSSR count). The van der Waals surface area contributed by atoms with Gasteiger partial charge in [-0.1, -0.05) is 0 Å². The number of hydrogen-bond donors (Lipinski definition) is 1. The predicted molar refractivity (Wildman–Crippen MR) is 42.7 cm³/mol. The largest absolute Gasteiger partial charge is 0.472 e. The summed E-state index contributed by atoms with van der Waals surface area (Å²) in [6, 6.07) is 0. The summed E-state index contributed by atoms with van der Waals surface area (Å²) in [7, 11) is -3.94. The number of rotatable bonds is 6. The smallest absolute Gasteiger partial charge is 0.303 e. The van der Waals surface area contributed by atoms with Gasteiger partial charge in [0, 0.05) is 6.42 Å². The SMILES string of the molecule is CCOP(=O)(O)OC(C)CC=O. The Kier molecular flexibility index (Phi) is 5.33. The normalized spacial score (nSPS) is 18.2. The van der Waals surface area contributed by atoms with Crippen LogP contribution in [0.1, 0.15) is 20.3 Å². The summed E-state index contributed by atoms with van der Waals surface area (Å²) in [6.07, 6.45) is 0.110. The van der Waals surface area contributed by atoms with Crippen molar-refractivity contribution in [2.24, 2.45) is 0 Å². The maximum absolute atomic E-state index is 10.9. The van der Waals surface area contributed by atoms with Crippen molar-refractivity contribution >= 4 is 14.1 Å². The van der Waals surface area contributed by atoms with Crippen molar-refractivity contribution in [2.45, 2.75) is 26.4 Å². The Morgan fingerprint density at radius 3 is 2.67 bits per heavy atom. The number of hydrogen-bond acceptors (Lipinski definition) is 4. The standard InChI is InChI=1S/C6H13O5P/c1-3-10-12(8,9)11-6(2)4-5-7/h5-6H,3-4H2,1-2H3,(H,8,9). The lowest BCUT2D eigenvalue weighted by molar-refractivity contribution is -0.109. The number of phosphoric acid groups is 1. The third-order valence-corrected chi connectivity index (χ3v) is 2.24. The molecule has 1 N–H and O–H groups in total. The summed E-state index contributed by atoms with van der Waals surface area (Å²) in [5, 5.41) is 0. The van der Waals surface area contributed by atoms with E-state index in [2.05, 4.69) is 9.05 Å². The van der Waals surface area contributed by atoms with Crippen LogP contribution in [-0.2, 0) is 18.4 Å². The van der Waals surface area contributed by atoms with E-state index in [0.717, 1.165) is 0 Å². The molecular formula is C6H13O5P. The van der Waals surface area contributed by atoms with E-state index in [9.17, 15) is 9.36 Å². The van der Waals surface area contributed by atoms with Gasteiger partial charge in [0.25, 0.3) is 0 Å². The third-order valence-electron chi connectivity index (χ3n) is 1.03. The molecule has 0 heterocycles. The van der Waals surface area contributed by atoms with E-state index in [1.165, 1.54) is 6.92 Å².